The number of sulfonamides is 1. The second kappa shape index (κ2) is 8.92. The number of ether oxygens (including phenoxy) is 1. The quantitative estimate of drug-likeness (QED) is 0.520. The van der Waals surface area contributed by atoms with Gasteiger partial charge in [0.15, 0.2) is 6.61 Å². The molecule has 0 aromatic heterocycles. The Labute approximate surface area is 174 Å². The second-order valence-electron chi connectivity index (χ2n) is 9.69. The average Bonchev–Trinajstić information content (AvgIpc) is 2.63. The Bertz CT molecular complexity index is 685. The minimum absolute atomic E-state index is 0.0236. The van der Waals surface area contributed by atoms with E-state index in [-0.39, 0.29) is 29.7 Å². The lowest BCUT2D eigenvalue weighted by molar-refractivity contribution is -0.150. The maximum Gasteiger partial charge on any atom is 0.324 e. The van der Waals surface area contributed by atoms with Crippen molar-refractivity contribution in [1.82, 2.24) is 10.0 Å². The predicted octanol–water partition coefficient (Wildman–Crippen LogP) is 2.36. The van der Waals surface area contributed by atoms with Crippen LogP contribution in [-0.4, -0.2) is 44.7 Å². The molecule has 0 aromatic carbocycles. The summed E-state index contributed by atoms with van der Waals surface area (Å²) in [7, 11) is -3.52. The van der Waals surface area contributed by atoms with E-state index < -0.39 is 22.0 Å². The van der Waals surface area contributed by atoms with E-state index in [1.54, 1.807) is 0 Å². The molecule has 4 aliphatic carbocycles. The van der Waals surface area contributed by atoms with Crippen molar-refractivity contribution in [2.24, 2.45) is 23.2 Å². The number of amides is 1. The summed E-state index contributed by atoms with van der Waals surface area (Å²) in [6.07, 6.45) is 8.91. The van der Waals surface area contributed by atoms with Crippen molar-refractivity contribution < 1.29 is 22.7 Å². The Kier molecular flexibility index (Phi) is 6.93. The van der Waals surface area contributed by atoms with Crippen LogP contribution in [-0.2, 0) is 24.3 Å². The number of hydrogen-bond donors (Lipinski definition) is 2. The Balaban J connectivity index is 1.44. The molecule has 4 fully saturated rings. The molecular weight excluding hydrogens is 392 g/mol. The van der Waals surface area contributed by atoms with Crippen molar-refractivity contribution in [2.45, 2.75) is 84.2 Å². The molecule has 4 bridgehead atoms. The molecule has 0 spiro atoms. The summed E-state index contributed by atoms with van der Waals surface area (Å²) in [6.45, 7) is 5.03. The average molecular weight is 429 g/mol. The van der Waals surface area contributed by atoms with Gasteiger partial charge in [-0.3, -0.25) is 9.59 Å². The third-order valence-electron chi connectivity index (χ3n) is 7.20. The number of hydrogen-bond acceptors (Lipinski definition) is 5. The highest BCUT2D eigenvalue weighted by Crippen LogP contribution is 2.61. The van der Waals surface area contributed by atoms with Gasteiger partial charge in [-0.05, 0) is 82.0 Å². The van der Waals surface area contributed by atoms with Crippen LogP contribution in [0.25, 0.3) is 0 Å². The molecule has 2 atom stereocenters. The van der Waals surface area contributed by atoms with E-state index in [4.69, 9.17) is 4.74 Å². The lowest BCUT2D eigenvalue weighted by Gasteiger charge is -2.59. The predicted molar refractivity (Wildman–Crippen MR) is 110 cm³/mol. The molecule has 0 unspecified atom stereocenters. The third-order valence-corrected chi connectivity index (χ3v) is 8.74. The second-order valence-corrected chi connectivity index (χ2v) is 11.6. The largest absolute Gasteiger partial charge is 0.454 e. The van der Waals surface area contributed by atoms with Crippen molar-refractivity contribution in [3.05, 3.63) is 0 Å². The van der Waals surface area contributed by atoms with Crippen molar-refractivity contribution in [1.29, 1.82) is 0 Å². The summed E-state index contributed by atoms with van der Waals surface area (Å²) in [5, 5.41) is 3.05. The number of carbonyl (C=O) groups excluding carboxylic acids is 2. The number of unbranched alkanes of at least 4 members (excludes halogenated alkanes) is 1. The molecule has 2 N–H and O–H groups in total. The molecule has 1 amide bonds. The van der Waals surface area contributed by atoms with E-state index in [0.29, 0.717) is 6.42 Å². The standard InChI is InChI=1S/C21H36N2O5S/c1-4-5-6-29(26,27)23-14(2)20(25)28-13-19(24)22-15(3)21-10-16-7-17(11-21)9-18(8-16)12-21/h14-18,23H,4-13H2,1-3H3,(H,22,24)/t14-,15-,16?,17?,18?,21?/m0/s1. The van der Waals surface area contributed by atoms with Crippen LogP contribution in [0.15, 0.2) is 0 Å². The highest BCUT2D eigenvalue weighted by atomic mass is 32.2. The third kappa shape index (κ3) is 5.51. The fourth-order valence-corrected chi connectivity index (χ4v) is 7.54. The minimum Gasteiger partial charge on any atom is -0.454 e. The van der Waals surface area contributed by atoms with E-state index in [0.717, 1.165) is 24.2 Å². The molecule has 166 valence electrons. The Hall–Kier alpha value is -1.15. The lowest BCUT2D eigenvalue weighted by atomic mass is 9.48. The van der Waals surface area contributed by atoms with Gasteiger partial charge in [-0.25, -0.2) is 13.1 Å². The summed E-state index contributed by atoms with van der Waals surface area (Å²) in [4.78, 5) is 24.5. The first-order chi connectivity index (χ1) is 13.6. The number of esters is 1. The van der Waals surface area contributed by atoms with Gasteiger partial charge in [0.05, 0.1) is 5.75 Å². The number of nitrogens with one attached hydrogen (secondary N) is 2. The monoisotopic (exact) mass is 428 g/mol. The fourth-order valence-electron chi connectivity index (χ4n) is 6.12. The van der Waals surface area contributed by atoms with Gasteiger partial charge < -0.3 is 10.1 Å². The summed E-state index contributed by atoms with van der Waals surface area (Å²) >= 11 is 0. The van der Waals surface area contributed by atoms with Crippen LogP contribution in [0.3, 0.4) is 0 Å². The molecule has 0 heterocycles. The molecule has 0 saturated heterocycles. The zero-order valence-electron chi connectivity index (χ0n) is 17.9. The lowest BCUT2D eigenvalue weighted by Crippen LogP contribution is -2.56. The highest BCUT2D eigenvalue weighted by molar-refractivity contribution is 7.89. The normalized spacial score (nSPS) is 32.6. The molecule has 8 heteroatoms. The molecule has 4 saturated carbocycles. The molecule has 4 rings (SSSR count). The van der Waals surface area contributed by atoms with E-state index in [1.807, 2.05) is 6.92 Å². The summed E-state index contributed by atoms with van der Waals surface area (Å²) in [5.74, 6) is 1.34. The number of rotatable bonds is 10. The van der Waals surface area contributed by atoms with Crippen LogP contribution >= 0.6 is 0 Å². The number of carbonyl (C=O) groups is 2. The van der Waals surface area contributed by atoms with E-state index in [1.165, 1.54) is 45.4 Å². The summed E-state index contributed by atoms with van der Waals surface area (Å²) < 4.78 is 31.2. The first-order valence-corrected chi connectivity index (χ1v) is 12.7. The van der Waals surface area contributed by atoms with Gasteiger partial charge in [-0.1, -0.05) is 13.3 Å². The van der Waals surface area contributed by atoms with Gasteiger partial charge >= 0.3 is 5.97 Å². The topological polar surface area (TPSA) is 102 Å². The highest BCUT2D eigenvalue weighted by Gasteiger charge is 2.53. The van der Waals surface area contributed by atoms with Gasteiger partial charge in [0.25, 0.3) is 5.91 Å². The molecule has 29 heavy (non-hydrogen) atoms. The van der Waals surface area contributed by atoms with Crippen molar-refractivity contribution in [2.75, 3.05) is 12.4 Å². The molecule has 0 aromatic rings. The van der Waals surface area contributed by atoms with Crippen LogP contribution in [0.4, 0.5) is 0 Å². The SMILES string of the molecule is CCCCS(=O)(=O)N[C@@H](C)C(=O)OCC(=O)N[C@@H](C)C12CC3CC(CC(C3)C1)C2. The first-order valence-electron chi connectivity index (χ1n) is 11.1. The maximum absolute atomic E-state index is 12.4. The maximum atomic E-state index is 12.4. The smallest absolute Gasteiger partial charge is 0.324 e. The molecular formula is C21H36N2O5S. The molecule has 0 aliphatic heterocycles. The van der Waals surface area contributed by atoms with Crippen LogP contribution in [0.1, 0.15) is 72.1 Å². The zero-order chi connectivity index (χ0) is 21.2. The fraction of sp³-hybridized carbons (Fsp3) is 0.905. The van der Waals surface area contributed by atoms with E-state index in [9.17, 15) is 18.0 Å². The Morgan fingerprint density at radius 2 is 1.62 bits per heavy atom. The zero-order valence-corrected chi connectivity index (χ0v) is 18.7. The molecule has 4 aliphatic rings. The van der Waals surface area contributed by atoms with E-state index >= 15 is 0 Å². The van der Waals surface area contributed by atoms with Crippen LogP contribution in [0, 0.1) is 23.2 Å². The summed E-state index contributed by atoms with van der Waals surface area (Å²) in [5.41, 5.74) is 0.191. The van der Waals surface area contributed by atoms with Crippen LogP contribution in [0.2, 0.25) is 0 Å². The van der Waals surface area contributed by atoms with Gasteiger partial charge in [0, 0.05) is 6.04 Å². The van der Waals surface area contributed by atoms with Gasteiger partial charge in [-0.2, -0.15) is 0 Å². The summed E-state index contributed by atoms with van der Waals surface area (Å²) in [6, 6.07) is -0.947. The molecule has 7 nitrogen and oxygen atoms in total. The minimum atomic E-state index is -3.52. The van der Waals surface area contributed by atoms with Crippen LogP contribution < -0.4 is 10.0 Å². The Morgan fingerprint density at radius 3 is 2.14 bits per heavy atom. The Morgan fingerprint density at radius 1 is 1.07 bits per heavy atom. The van der Waals surface area contributed by atoms with Crippen LogP contribution in [0.5, 0.6) is 0 Å². The molecule has 0 radical (unpaired) electrons. The van der Waals surface area contributed by atoms with Crippen molar-refractivity contribution in [3.8, 4) is 0 Å². The van der Waals surface area contributed by atoms with E-state index in [2.05, 4.69) is 17.0 Å². The van der Waals surface area contributed by atoms with Gasteiger partial charge in [0.1, 0.15) is 6.04 Å². The van der Waals surface area contributed by atoms with Gasteiger partial charge in [0.2, 0.25) is 10.0 Å². The van der Waals surface area contributed by atoms with Crippen molar-refractivity contribution >= 4 is 21.9 Å². The van der Waals surface area contributed by atoms with Crippen molar-refractivity contribution in [3.63, 3.8) is 0 Å². The first kappa shape index (κ1) is 22.5. The van der Waals surface area contributed by atoms with Gasteiger partial charge in [-0.15, -0.1) is 0 Å².